The third kappa shape index (κ3) is 3.33. The standard InChI is InChI=1S/C14H28N2/c1-5-8-11-16-12-14(6-2,7-3)15-10-9-13(16)4/h5,8,13,15H,6-7,9-12H2,1-4H3/b8-5+. The molecule has 16 heavy (non-hydrogen) atoms. The summed E-state index contributed by atoms with van der Waals surface area (Å²) in [4.78, 5) is 2.62. The molecule has 1 rings (SSSR count). The van der Waals surface area contributed by atoms with Gasteiger partial charge in [-0.25, -0.2) is 0 Å². The monoisotopic (exact) mass is 224 g/mol. The van der Waals surface area contributed by atoms with E-state index < -0.39 is 0 Å². The zero-order chi connectivity index (χ0) is 12.0. The topological polar surface area (TPSA) is 15.3 Å². The first-order valence-corrected chi connectivity index (χ1v) is 6.77. The van der Waals surface area contributed by atoms with E-state index in [2.05, 4.69) is 50.1 Å². The number of nitrogens with one attached hydrogen (secondary N) is 1. The molecule has 0 aromatic carbocycles. The lowest BCUT2D eigenvalue weighted by atomic mass is 9.92. The molecule has 1 fully saturated rings. The van der Waals surface area contributed by atoms with Crippen LogP contribution in [0.2, 0.25) is 0 Å². The molecule has 0 spiro atoms. The third-order valence-corrected chi connectivity index (χ3v) is 4.12. The molecule has 94 valence electrons. The molecule has 2 nitrogen and oxygen atoms in total. The summed E-state index contributed by atoms with van der Waals surface area (Å²) >= 11 is 0. The fraction of sp³-hybridized carbons (Fsp3) is 0.857. The molecule has 0 aromatic heterocycles. The Hall–Kier alpha value is -0.340. The van der Waals surface area contributed by atoms with Gasteiger partial charge in [-0.2, -0.15) is 0 Å². The lowest BCUT2D eigenvalue weighted by Gasteiger charge is -2.36. The maximum atomic E-state index is 3.77. The van der Waals surface area contributed by atoms with Crippen LogP contribution in [0.3, 0.4) is 0 Å². The van der Waals surface area contributed by atoms with Crippen molar-refractivity contribution in [2.45, 2.75) is 58.5 Å². The van der Waals surface area contributed by atoms with Crippen LogP contribution in [0.1, 0.15) is 47.0 Å². The highest BCUT2D eigenvalue weighted by Crippen LogP contribution is 2.22. The minimum atomic E-state index is 0.340. The SMILES string of the molecule is C/C=C/CN1CC(CC)(CC)NCCC1C. The first-order chi connectivity index (χ1) is 7.67. The predicted octanol–water partition coefficient (Wildman–Crippen LogP) is 2.81. The second-order valence-corrected chi connectivity index (χ2v) is 5.05. The average Bonchev–Trinajstić information content (AvgIpc) is 2.47. The van der Waals surface area contributed by atoms with Crippen LogP contribution in [0, 0.1) is 0 Å². The summed E-state index contributed by atoms with van der Waals surface area (Å²) in [5.41, 5.74) is 0.340. The molecule has 0 saturated carbocycles. The quantitative estimate of drug-likeness (QED) is 0.739. The van der Waals surface area contributed by atoms with E-state index in [4.69, 9.17) is 0 Å². The Morgan fingerprint density at radius 1 is 1.38 bits per heavy atom. The fourth-order valence-corrected chi connectivity index (χ4v) is 2.54. The second kappa shape index (κ2) is 6.41. The molecule has 0 radical (unpaired) electrons. The Kier molecular flexibility index (Phi) is 5.50. The van der Waals surface area contributed by atoms with Gasteiger partial charge in [0, 0.05) is 24.7 Å². The van der Waals surface area contributed by atoms with E-state index in [9.17, 15) is 0 Å². The van der Waals surface area contributed by atoms with E-state index in [1.807, 2.05) is 0 Å². The maximum absolute atomic E-state index is 3.77. The van der Waals surface area contributed by atoms with Crippen molar-refractivity contribution in [1.29, 1.82) is 0 Å². The smallest absolute Gasteiger partial charge is 0.0303 e. The molecule has 1 unspecified atom stereocenters. The molecule has 0 aliphatic carbocycles. The molecule has 0 aromatic rings. The second-order valence-electron chi connectivity index (χ2n) is 5.05. The summed E-state index contributed by atoms with van der Waals surface area (Å²) in [6.07, 6.45) is 8.15. The summed E-state index contributed by atoms with van der Waals surface area (Å²) in [6, 6.07) is 0.698. The molecule has 0 amide bonds. The summed E-state index contributed by atoms with van der Waals surface area (Å²) < 4.78 is 0. The Bertz CT molecular complexity index is 219. The van der Waals surface area contributed by atoms with Crippen LogP contribution >= 0.6 is 0 Å². The van der Waals surface area contributed by atoms with Gasteiger partial charge in [-0.05, 0) is 39.7 Å². The van der Waals surface area contributed by atoms with E-state index in [0.29, 0.717) is 11.6 Å². The molecule has 1 aliphatic heterocycles. The van der Waals surface area contributed by atoms with Gasteiger partial charge in [-0.1, -0.05) is 26.0 Å². The highest BCUT2D eigenvalue weighted by atomic mass is 15.2. The van der Waals surface area contributed by atoms with E-state index in [-0.39, 0.29) is 0 Å². The van der Waals surface area contributed by atoms with Gasteiger partial charge in [0.2, 0.25) is 0 Å². The minimum Gasteiger partial charge on any atom is -0.310 e. The van der Waals surface area contributed by atoms with Gasteiger partial charge in [0.15, 0.2) is 0 Å². The zero-order valence-corrected chi connectivity index (χ0v) is 11.4. The third-order valence-electron chi connectivity index (χ3n) is 4.12. The lowest BCUT2D eigenvalue weighted by molar-refractivity contribution is 0.175. The molecule has 1 saturated heterocycles. The summed E-state index contributed by atoms with van der Waals surface area (Å²) in [6.45, 7) is 12.5. The summed E-state index contributed by atoms with van der Waals surface area (Å²) in [5.74, 6) is 0. The molecule has 1 atom stereocenters. The van der Waals surface area contributed by atoms with Crippen LogP contribution in [0.5, 0.6) is 0 Å². The average molecular weight is 224 g/mol. The molecule has 1 aliphatic rings. The van der Waals surface area contributed by atoms with E-state index >= 15 is 0 Å². The van der Waals surface area contributed by atoms with E-state index in [1.165, 1.54) is 25.8 Å². The van der Waals surface area contributed by atoms with Gasteiger partial charge in [-0.15, -0.1) is 0 Å². The van der Waals surface area contributed by atoms with Crippen molar-refractivity contribution < 1.29 is 0 Å². The lowest BCUT2D eigenvalue weighted by Crippen LogP contribution is -2.51. The summed E-state index contributed by atoms with van der Waals surface area (Å²) in [7, 11) is 0. The highest BCUT2D eigenvalue weighted by Gasteiger charge is 2.32. The van der Waals surface area contributed by atoms with Gasteiger partial charge >= 0.3 is 0 Å². The van der Waals surface area contributed by atoms with Crippen molar-refractivity contribution in [3.8, 4) is 0 Å². The van der Waals surface area contributed by atoms with Crippen LogP contribution in [0.15, 0.2) is 12.2 Å². The van der Waals surface area contributed by atoms with Crippen LogP contribution in [0.4, 0.5) is 0 Å². The van der Waals surface area contributed by atoms with Gasteiger partial charge in [-0.3, -0.25) is 4.90 Å². The molecule has 0 bridgehead atoms. The maximum Gasteiger partial charge on any atom is 0.0303 e. The molecule has 2 heteroatoms. The molecule has 1 heterocycles. The number of hydrogen-bond donors (Lipinski definition) is 1. The molecular weight excluding hydrogens is 196 g/mol. The number of rotatable bonds is 4. The number of hydrogen-bond acceptors (Lipinski definition) is 2. The van der Waals surface area contributed by atoms with E-state index in [1.54, 1.807) is 0 Å². The number of allylic oxidation sites excluding steroid dienone is 1. The first kappa shape index (κ1) is 13.7. The van der Waals surface area contributed by atoms with Gasteiger partial charge < -0.3 is 5.32 Å². The number of nitrogens with zero attached hydrogens (tertiary/aromatic N) is 1. The van der Waals surface area contributed by atoms with Gasteiger partial charge in [0.05, 0.1) is 0 Å². The first-order valence-electron chi connectivity index (χ1n) is 6.77. The highest BCUT2D eigenvalue weighted by molar-refractivity contribution is 4.95. The summed E-state index contributed by atoms with van der Waals surface area (Å²) in [5, 5.41) is 3.77. The Labute approximate surface area is 101 Å². The Balaban J connectivity index is 2.71. The predicted molar refractivity (Wildman–Crippen MR) is 71.8 cm³/mol. The zero-order valence-electron chi connectivity index (χ0n) is 11.4. The van der Waals surface area contributed by atoms with Crippen LogP contribution in [-0.4, -0.2) is 36.1 Å². The fourth-order valence-electron chi connectivity index (χ4n) is 2.54. The van der Waals surface area contributed by atoms with Crippen molar-refractivity contribution in [3.05, 3.63) is 12.2 Å². The van der Waals surface area contributed by atoms with Crippen LogP contribution in [0.25, 0.3) is 0 Å². The van der Waals surface area contributed by atoms with Crippen molar-refractivity contribution in [3.63, 3.8) is 0 Å². The van der Waals surface area contributed by atoms with Crippen molar-refractivity contribution >= 4 is 0 Å². The molecule has 1 N–H and O–H groups in total. The van der Waals surface area contributed by atoms with Crippen molar-refractivity contribution in [1.82, 2.24) is 10.2 Å². The van der Waals surface area contributed by atoms with Crippen LogP contribution in [-0.2, 0) is 0 Å². The van der Waals surface area contributed by atoms with Gasteiger partial charge in [0.1, 0.15) is 0 Å². The molecular formula is C14H28N2. The van der Waals surface area contributed by atoms with Crippen molar-refractivity contribution in [2.24, 2.45) is 0 Å². The Morgan fingerprint density at radius 2 is 2.06 bits per heavy atom. The minimum absolute atomic E-state index is 0.340. The van der Waals surface area contributed by atoms with E-state index in [0.717, 1.165) is 13.1 Å². The normalized spacial score (nSPS) is 27.1. The largest absolute Gasteiger partial charge is 0.310 e. The Morgan fingerprint density at radius 3 is 2.62 bits per heavy atom. The van der Waals surface area contributed by atoms with Crippen LogP contribution < -0.4 is 5.32 Å². The van der Waals surface area contributed by atoms with Gasteiger partial charge in [0.25, 0.3) is 0 Å². The van der Waals surface area contributed by atoms with Crippen molar-refractivity contribution in [2.75, 3.05) is 19.6 Å².